The van der Waals surface area contributed by atoms with Gasteiger partial charge in [0, 0.05) is 0 Å². The van der Waals surface area contributed by atoms with Crippen LogP contribution in [0.4, 0.5) is 0 Å². The van der Waals surface area contributed by atoms with Crippen LogP contribution in [0.25, 0.3) is 0 Å². The summed E-state index contributed by atoms with van der Waals surface area (Å²) >= 11 is 0. The summed E-state index contributed by atoms with van der Waals surface area (Å²) in [5.41, 5.74) is 1.88. The quantitative estimate of drug-likeness (QED) is 0.784. The lowest BCUT2D eigenvalue weighted by molar-refractivity contribution is 0.00448. The number of aryl methyl sites for hydroxylation is 1. The van der Waals surface area contributed by atoms with Crippen molar-refractivity contribution in [1.82, 2.24) is 0 Å². The largest absolute Gasteiger partial charge is 0.385 e. The molecule has 15 heavy (non-hydrogen) atoms. The summed E-state index contributed by atoms with van der Waals surface area (Å²) < 4.78 is 0. The van der Waals surface area contributed by atoms with Crippen molar-refractivity contribution in [3.05, 3.63) is 35.4 Å². The van der Waals surface area contributed by atoms with E-state index < -0.39 is 5.60 Å². The fourth-order valence-electron chi connectivity index (χ4n) is 2.62. The Hall–Kier alpha value is -0.820. The van der Waals surface area contributed by atoms with Crippen molar-refractivity contribution in [3.8, 4) is 0 Å². The molecule has 1 aromatic carbocycles. The van der Waals surface area contributed by atoms with Crippen LogP contribution in [0.5, 0.6) is 0 Å². The number of hydrogen-bond acceptors (Lipinski definition) is 1. The van der Waals surface area contributed by atoms with Gasteiger partial charge in [0.25, 0.3) is 0 Å². The molecule has 1 aromatic rings. The molecule has 0 radical (unpaired) electrons. The molecule has 1 aliphatic rings. The molecule has 0 heterocycles. The van der Waals surface area contributed by atoms with Crippen LogP contribution in [-0.4, -0.2) is 5.11 Å². The molecule has 1 N–H and O–H groups in total. The van der Waals surface area contributed by atoms with Gasteiger partial charge in [-0.05, 0) is 42.7 Å². The maximum absolute atomic E-state index is 10.6. The third-order valence-electron chi connectivity index (χ3n) is 3.87. The van der Waals surface area contributed by atoms with Gasteiger partial charge >= 0.3 is 0 Å². The molecule has 0 saturated heterocycles. The smallest absolute Gasteiger partial charge is 0.0921 e. The van der Waals surface area contributed by atoms with E-state index in [1.54, 1.807) is 0 Å². The summed E-state index contributed by atoms with van der Waals surface area (Å²) in [6.45, 7) is 4.31. The Morgan fingerprint density at radius 3 is 2.47 bits per heavy atom. The highest BCUT2D eigenvalue weighted by Crippen LogP contribution is 2.43. The maximum Gasteiger partial charge on any atom is 0.0921 e. The van der Waals surface area contributed by atoms with Gasteiger partial charge in [0.15, 0.2) is 0 Å². The third-order valence-corrected chi connectivity index (χ3v) is 3.87. The van der Waals surface area contributed by atoms with Crippen LogP contribution in [0.15, 0.2) is 24.3 Å². The number of hydrogen-bond donors (Lipinski definition) is 1. The van der Waals surface area contributed by atoms with Crippen LogP contribution in [0.3, 0.4) is 0 Å². The summed E-state index contributed by atoms with van der Waals surface area (Å²) in [7, 11) is 0. The van der Waals surface area contributed by atoms with E-state index in [2.05, 4.69) is 38.1 Å². The normalized spacial score (nSPS) is 30.7. The van der Waals surface area contributed by atoms with Crippen LogP contribution in [0, 0.1) is 5.92 Å². The van der Waals surface area contributed by atoms with Crippen molar-refractivity contribution in [2.45, 2.75) is 45.1 Å². The summed E-state index contributed by atoms with van der Waals surface area (Å²) in [5, 5.41) is 10.6. The number of benzene rings is 1. The molecule has 1 saturated carbocycles. The van der Waals surface area contributed by atoms with Gasteiger partial charge in [-0.2, -0.15) is 0 Å². The van der Waals surface area contributed by atoms with E-state index in [4.69, 9.17) is 0 Å². The van der Waals surface area contributed by atoms with Crippen molar-refractivity contribution in [2.24, 2.45) is 5.92 Å². The van der Waals surface area contributed by atoms with Crippen molar-refractivity contribution < 1.29 is 5.11 Å². The Morgan fingerprint density at radius 1 is 1.33 bits per heavy atom. The van der Waals surface area contributed by atoms with Gasteiger partial charge < -0.3 is 5.11 Å². The zero-order valence-electron chi connectivity index (χ0n) is 9.66. The van der Waals surface area contributed by atoms with Gasteiger partial charge in [-0.3, -0.25) is 0 Å². The Morgan fingerprint density at radius 2 is 2.00 bits per heavy atom. The highest BCUT2D eigenvalue weighted by Gasteiger charge is 2.39. The fraction of sp³-hybridized carbons (Fsp3) is 0.571. The summed E-state index contributed by atoms with van der Waals surface area (Å²) in [6.07, 6.45) is 4.27. The van der Waals surface area contributed by atoms with E-state index in [0.29, 0.717) is 5.92 Å². The van der Waals surface area contributed by atoms with E-state index in [9.17, 15) is 5.11 Å². The lowest BCUT2D eigenvalue weighted by Gasteiger charge is -2.28. The topological polar surface area (TPSA) is 20.2 Å². The molecule has 0 amide bonds. The predicted molar refractivity (Wildman–Crippen MR) is 62.7 cm³/mol. The number of rotatable bonds is 2. The van der Waals surface area contributed by atoms with E-state index in [-0.39, 0.29) is 0 Å². The Balaban J connectivity index is 2.28. The lowest BCUT2D eigenvalue weighted by atomic mass is 9.85. The minimum atomic E-state index is -0.563. The van der Waals surface area contributed by atoms with E-state index in [1.807, 2.05) is 0 Å². The van der Waals surface area contributed by atoms with Crippen LogP contribution in [-0.2, 0) is 12.0 Å². The molecule has 0 spiro atoms. The van der Waals surface area contributed by atoms with E-state index in [0.717, 1.165) is 31.2 Å². The van der Waals surface area contributed by atoms with E-state index >= 15 is 0 Å². The summed E-state index contributed by atoms with van der Waals surface area (Å²) in [4.78, 5) is 0. The molecular weight excluding hydrogens is 184 g/mol. The molecule has 1 aliphatic carbocycles. The first-order valence-electron chi connectivity index (χ1n) is 5.98. The highest BCUT2D eigenvalue weighted by molar-refractivity contribution is 5.28. The monoisotopic (exact) mass is 204 g/mol. The molecule has 82 valence electrons. The molecule has 0 bridgehead atoms. The molecule has 0 aromatic heterocycles. The second-order valence-electron chi connectivity index (χ2n) is 4.77. The average Bonchev–Trinajstić information content (AvgIpc) is 2.61. The minimum absolute atomic E-state index is 0.393. The molecule has 2 atom stereocenters. The molecule has 1 fully saturated rings. The predicted octanol–water partition coefficient (Wildman–Crippen LogP) is 3.26. The van der Waals surface area contributed by atoms with Gasteiger partial charge in [0.1, 0.15) is 0 Å². The fourth-order valence-corrected chi connectivity index (χ4v) is 2.62. The first-order valence-corrected chi connectivity index (χ1v) is 5.98. The molecule has 1 heteroatoms. The minimum Gasteiger partial charge on any atom is -0.385 e. The lowest BCUT2D eigenvalue weighted by Crippen LogP contribution is -2.28. The highest BCUT2D eigenvalue weighted by atomic mass is 16.3. The molecule has 2 rings (SSSR count). The van der Waals surface area contributed by atoms with Gasteiger partial charge in [0.2, 0.25) is 0 Å². The second-order valence-corrected chi connectivity index (χ2v) is 4.77. The van der Waals surface area contributed by atoms with Crippen molar-refractivity contribution in [3.63, 3.8) is 0 Å². The number of aliphatic hydroxyl groups is 1. The molecular formula is C14H20O. The molecule has 1 nitrogen and oxygen atoms in total. The van der Waals surface area contributed by atoms with Gasteiger partial charge in [-0.15, -0.1) is 0 Å². The van der Waals surface area contributed by atoms with Crippen LogP contribution in [0.2, 0.25) is 0 Å². The molecule has 0 aliphatic heterocycles. The zero-order valence-corrected chi connectivity index (χ0v) is 9.66. The Kier molecular flexibility index (Phi) is 2.83. The Labute approximate surface area is 92.1 Å². The molecule has 0 unspecified atom stereocenters. The van der Waals surface area contributed by atoms with Crippen molar-refractivity contribution >= 4 is 0 Å². The maximum atomic E-state index is 10.6. The third kappa shape index (κ3) is 1.81. The van der Waals surface area contributed by atoms with Crippen LogP contribution < -0.4 is 0 Å². The van der Waals surface area contributed by atoms with Crippen molar-refractivity contribution in [1.29, 1.82) is 0 Å². The zero-order chi connectivity index (χ0) is 10.9. The second kappa shape index (κ2) is 3.97. The van der Waals surface area contributed by atoms with Crippen LogP contribution >= 0.6 is 0 Å². The Bertz CT molecular complexity index is 328. The summed E-state index contributed by atoms with van der Waals surface area (Å²) in [5.74, 6) is 0.393. The van der Waals surface area contributed by atoms with Gasteiger partial charge in [0.05, 0.1) is 5.60 Å². The standard InChI is InChI=1S/C14H20O/c1-3-12-6-8-13(9-7-12)14(15)10-4-5-11(14)2/h6-9,11,15H,3-5,10H2,1-2H3/t11-,14+/m0/s1. The van der Waals surface area contributed by atoms with Gasteiger partial charge in [-0.1, -0.05) is 38.1 Å². The summed E-state index contributed by atoms with van der Waals surface area (Å²) in [6, 6.07) is 8.47. The SMILES string of the molecule is CCc1ccc([C@@]2(O)CCC[C@@H]2C)cc1. The van der Waals surface area contributed by atoms with E-state index in [1.165, 1.54) is 5.56 Å². The first-order chi connectivity index (χ1) is 7.16. The van der Waals surface area contributed by atoms with Gasteiger partial charge in [-0.25, -0.2) is 0 Å². The van der Waals surface area contributed by atoms with Crippen molar-refractivity contribution in [2.75, 3.05) is 0 Å². The first kappa shape index (κ1) is 10.7. The van der Waals surface area contributed by atoms with Crippen LogP contribution in [0.1, 0.15) is 44.2 Å². The average molecular weight is 204 g/mol.